The molecular weight excluding hydrogens is 233 g/mol. The highest BCUT2D eigenvalue weighted by atomic mass is 19.4. The lowest BCUT2D eigenvalue weighted by molar-refractivity contribution is -0.149. The summed E-state index contributed by atoms with van der Waals surface area (Å²) in [5, 5.41) is 3.93. The van der Waals surface area contributed by atoms with Crippen LogP contribution in [0, 0.1) is 0 Å². The number of aromatic nitrogens is 2. The third-order valence-corrected chi connectivity index (χ3v) is 2.38. The lowest BCUT2D eigenvalue weighted by Gasteiger charge is -2.27. The fourth-order valence-corrected chi connectivity index (χ4v) is 1.48. The number of anilines is 1. The zero-order valence-electron chi connectivity index (χ0n) is 9.91. The fraction of sp³-hybridized carbons (Fsp3) is 0.700. The van der Waals surface area contributed by atoms with Crippen LogP contribution in [0.5, 0.6) is 0 Å². The van der Waals surface area contributed by atoms with Crippen LogP contribution in [0.4, 0.5) is 18.9 Å². The largest absolute Gasteiger partial charge is 0.401 e. The molecule has 17 heavy (non-hydrogen) atoms. The molecule has 98 valence electrons. The molecule has 0 aromatic carbocycles. The molecule has 1 aromatic heterocycles. The molecule has 0 saturated carbocycles. The van der Waals surface area contributed by atoms with Gasteiger partial charge in [-0.1, -0.05) is 0 Å². The van der Waals surface area contributed by atoms with E-state index in [0.29, 0.717) is 12.2 Å². The molecule has 0 bridgehead atoms. The van der Waals surface area contributed by atoms with Gasteiger partial charge in [-0.05, 0) is 13.8 Å². The Morgan fingerprint density at radius 1 is 1.47 bits per heavy atom. The maximum atomic E-state index is 12.3. The molecule has 0 atom stereocenters. The Hall–Kier alpha value is -1.24. The van der Waals surface area contributed by atoms with E-state index >= 15 is 0 Å². The van der Waals surface area contributed by atoms with E-state index in [9.17, 15) is 13.2 Å². The minimum atomic E-state index is -4.17. The Kier molecular flexibility index (Phi) is 4.39. The molecule has 1 rings (SSSR count). The molecule has 0 fully saturated rings. The van der Waals surface area contributed by atoms with Gasteiger partial charge in [0.2, 0.25) is 0 Å². The van der Waals surface area contributed by atoms with E-state index in [1.165, 1.54) is 11.1 Å². The van der Waals surface area contributed by atoms with Crippen LogP contribution in [0.15, 0.2) is 12.4 Å². The molecule has 0 aliphatic rings. The Labute approximate surface area is 98.2 Å². The number of nitrogens with zero attached hydrogens (tertiary/aromatic N) is 3. The summed E-state index contributed by atoms with van der Waals surface area (Å²) in [7, 11) is 0. The molecule has 0 aliphatic carbocycles. The molecule has 1 aromatic rings. The zero-order valence-corrected chi connectivity index (χ0v) is 9.91. The Balaban J connectivity index is 2.50. The second kappa shape index (κ2) is 5.39. The molecule has 1 heterocycles. The predicted molar refractivity (Wildman–Crippen MR) is 59.4 cm³/mol. The molecule has 0 aliphatic heterocycles. The van der Waals surface area contributed by atoms with Crippen molar-refractivity contribution >= 4 is 5.69 Å². The number of nitrogens with two attached hydrogens (primary N) is 1. The van der Waals surface area contributed by atoms with E-state index in [2.05, 4.69) is 5.10 Å². The maximum Gasteiger partial charge on any atom is 0.401 e. The van der Waals surface area contributed by atoms with Crippen LogP contribution >= 0.6 is 0 Å². The van der Waals surface area contributed by atoms with Crippen molar-refractivity contribution in [2.45, 2.75) is 32.6 Å². The monoisotopic (exact) mass is 250 g/mol. The standard InChI is InChI=1S/C10H17F3N4/c1-8(2)16(7-10(11,12)13)3-4-17-6-9(14)5-15-17/h5-6,8H,3-4,7,14H2,1-2H3. The minimum Gasteiger partial charge on any atom is -0.396 e. The van der Waals surface area contributed by atoms with Gasteiger partial charge in [-0.15, -0.1) is 0 Å². The predicted octanol–water partition coefficient (Wildman–Crippen LogP) is 1.74. The highest BCUT2D eigenvalue weighted by molar-refractivity contribution is 5.30. The van der Waals surface area contributed by atoms with Crippen LogP contribution in [0.25, 0.3) is 0 Å². The first-order valence-corrected chi connectivity index (χ1v) is 5.36. The van der Waals surface area contributed by atoms with Crippen molar-refractivity contribution in [3.05, 3.63) is 12.4 Å². The van der Waals surface area contributed by atoms with E-state index in [0.717, 1.165) is 0 Å². The van der Waals surface area contributed by atoms with E-state index in [4.69, 9.17) is 5.73 Å². The van der Waals surface area contributed by atoms with Crippen LogP contribution in [0.2, 0.25) is 0 Å². The number of nitrogen functional groups attached to an aromatic ring is 1. The molecule has 0 unspecified atom stereocenters. The number of rotatable bonds is 5. The molecule has 0 saturated heterocycles. The van der Waals surface area contributed by atoms with Crippen LogP contribution in [-0.4, -0.2) is 40.0 Å². The van der Waals surface area contributed by atoms with Gasteiger partial charge in [0.15, 0.2) is 0 Å². The lowest BCUT2D eigenvalue weighted by atomic mass is 10.3. The van der Waals surface area contributed by atoms with Gasteiger partial charge in [0.1, 0.15) is 0 Å². The fourth-order valence-electron chi connectivity index (χ4n) is 1.48. The van der Waals surface area contributed by atoms with Crippen molar-refractivity contribution in [1.29, 1.82) is 0 Å². The second-order valence-corrected chi connectivity index (χ2v) is 4.22. The van der Waals surface area contributed by atoms with Gasteiger partial charge in [0.05, 0.1) is 25.0 Å². The van der Waals surface area contributed by atoms with Crippen molar-refractivity contribution in [3.63, 3.8) is 0 Å². The van der Waals surface area contributed by atoms with Gasteiger partial charge in [-0.3, -0.25) is 9.58 Å². The Morgan fingerprint density at radius 2 is 2.12 bits per heavy atom. The van der Waals surface area contributed by atoms with Crippen molar-refractivity contribution in [2.24, 2.45) is 0 Å². The highest BCUT2D eigenvalue weighted by Crippen LogP contribution is 2.17. The quantitative estimate of drug-likeness (QED) is 0.865. The van der Waals surface area contributed by atoms with Crippen molar-refractivity contribution in [2.75, 3.05) is 18.8 Å². The molecule has 0 spiro atoms. The summed E-state index contributed by atoms with van der Waals surface area (Å²) in [6.07, 6.45) is -1.09. The first-order chi connectivity index (χ1) is 7.78. The van der Waals surface area contributed by atoms with Crippen molar-refractivity contribution in [3.8, 4) is 0 Å². The molecule has 0 radical (unpaired) electrons. The van der Waals surface area contributed by atoms with Crippen molar-refractivity contribution in [1.82, 2.24) is 14.7 Å². The van der Waals surface area contributed by atoms with E-state index in [-0.39, 0.29) is 12.6 Å². The van der Waals surface area contributed by atoms with E-state index in [1.54, 1.807) is 24.7 Å². The normalized spacial score (nSPS) is 12.6. The zero-order chi connectivity index (χ0) is 13.1. The van der Waals surface area contributed by atoms with Crippen LogP contribution in [0.3, 0.4) is 0 Å². The van der Waals surface area contributed by atoms with Gasteiger partial charge in [0.25, 0.3) is 0 Å². The summed E-state index contributed by atoms with van der Waals surface area (Å²) in [4.78, 5) is 1.36. The second-order valence-electron chi connectivity index (χ2n) is 4.22. The highest BCUT2D eigenvalue weighted by Gasteiger charge is 2.31. The Bertz CT molecular complexity index is 346. The number of halogens is 3. The van der Waals surface area contributed by atoms with Gasteiger partial charge in [0, 0.05) is 18.8 Å². The Morgan fingerprint density at radius 3 is 2.53 bits per heavy atom. The van der Waals surface area contributed by atoms with Gasteiger partial charge in [-0.2, -0.15) is 18.3 Å². The number of hydrogen-bond acceptors (Lipinski definition) is 3. The summed E-state index contributed by atoms with van der Waals surface area (Å²) in [5.41, 5.74) is 5.98. The smallest absolute Gasteiger partial charge is 0.396 e. The average molecular weight is 250 g/mol. The van der Waals surface area contributed by atoms with Crippen LogP contribution in [0.1, 0.15) is 13.8 Å². The minimum absolute atomic E-state index is 0.162. The molecule has 2 N–H and O–H groups in total. The average Bonchev–Trinajstić information content (AvgIpc) is 2.56. The summed E-state index contributed by atoms with van der Waals surface area (Å²) in [6, 6.07) is -0.162. The first-order valence-electron chi connectivity index (χ1n) is 5.36. The van der Waals surface area contributed by atoms with Crippen LogP contribution in [-0.2, 0) is 6.54 Å². The van der Waals surface area contributed by atoms with Gasteiger partial charge >= 0.3 is 6.18 Å². The van der Waals surface area contributed by atoms with Gasteiger partial charge < -0.3 is 5.73 Å². The third kappa shape index (κ3) is 5.08. The summed E-state index contributed by atoms with van der Waals surface area (Å²) < 4.78 is 38.5. The number of hydrogen-bond donors (Lipinski definition) is 1. The molecule has 7 heteroatoms. The molecular formula is C10H17F3N4. The third-order valence-electron chi connectivity index (χ3n) is 2.38. The SMILES string of the molecule is CC(C)N(CCn1cc(N)cn1)CC(F)(F)F. The lowest BCUT2D eigenvalue weighted by Crippen LogP contribution is -2.40. The molecule has 4 nitrogen and oxygen atoms in total. The van der Waals surface area contributed by atoms with Gasteiger partial charge in [-0.25, -0.2) is 0 Å². The van der Waals surface area contributed by atoms with Crippen LogP contribution < -0.4 is 5.73 Å². The first kappa shape index (κ1) is 13.8. The van der Waals surface area contributed by atoms with Crippen molar-refractivity contribution < 1.29 is 13.2 Å². The summed E-state index contributed by atoms with van der Waals surface area (Å²) in [5.74, 6) is 0. The molecule has 0 amide bonds. The van der Waals surface area contributed by atoms with E-state index in [1.807, 2.05) is 0 Å². The summed E-state index contributed by atoms with van der Waals surface area (Å²) >= 11 is 0. The maximum absolute atomic E-state index is 12.3. The summed E-state index contributed by atoms with van der Waals surface area (Å²) in [6.45, 7) is 3.26. The van der Waals surface area contributed by atoms with E-state index < -0.39 is 12.7 Å². The topological polar surface area (TPSA) is 47.1 Å². The number of alkyl halides is 3.